The summed E-state index contributed by atoms with van der Waals surface area (Å²) < 4.78 is 0. The van der Waals surface area contributed by atoms with Gasteiger partial charge in [0, 0.05) is 25.7 Å². The monoisotopic (exact) mass is 257 g/mol. The van der Waals surface area contributed by atoms with Crippen molar-refractivity contribution in [1.82, 2.24) is 10.2 Å². The molecule has 2 atom stereocenters. The lowest BCUT2D eigenvalue weighted by Gasteiger charge is -2.35. The predicted molar refractivity (Wildman–Crippen MR) is 68.1 cm³/mol. The Kier molecular flexibility index (Phi) is 6.07. The van der Waals surface area contributed by atoms with Crippen LogP contribution in [0.15, 0.2) is 0 Å². The molecule has 1 aliphatic heterocycles. The first kappa shape index (κ1) is 14.9. The standard InChI is InChI=1S/C12H23N3O3/c1-9(7-11(16)17)15-6-2-3-10(8-15)12(18)14-5-4-13/h9-10H,2-8,13H2,1H3,(H,14,18)(H,16,17). The first-order valence-electron chi connectivity index (χ1n) is 6.48. The van der Waals surface area contributed by atoms with Crippen molar-refractivity contribution < 1.29 is 14.7 Å². The molecule has 2 unspecified atom stereocenters. The number of carbonyl (C=O) groups is 2. The normalized spacial score (nSPS) is 22.4. The smallest absolute Gasteiger partial charge is 0.304 e. The van der Waals surface area contributed by atoms with Crippen LogP contribution in [0.2, 0.25) is 0 Å². The summed E-state index contributed by atoms with van der Waals surface area (Å²) in [5.74, 6) is -0.800. The van der Waals surface area contributed by atoms with Crippen molar-refractivity contribution in [1.29, 1.82) is 0 Å². The molecule has 6 heteroatoms. The molecule has 0 aliphatic carbocycles. The van der Waals surface area contributed by atoms with Crippen molar-refractivity contribution in [2.24, 2.45) is 11.7 Å². The van der Waals surface area contributed by atoms with Gasteiger partial charge in [-0.15, -0.1) is 0 Å². The second-order valence-electron chi connectivity index (χ2n) is 4.86. The van der Waals surface area contributed by atoms with Crippen molar-refractivity contribution >= 4 is 11.9 Å². The minimum absolute atomic E-state index is 0.0207. The van der Waals surface area contributed by atoms with E-state index in [1.807, 2.05) is 6.92 Å². The number of likely N-dealkylation sites (tertiary alicyclic amines) is 1. The minimum atomic E-state index is -0.794. The molecule has 1 aliphatic rings. The van der Waals surface area contributed by atoms with Crippen LogP contribution in [0.5, 0.6) is 0 Å². The Hall–Kier alpha value is -1.14. The third-order valence-corrected chi connectivity index (χ3v) is 3.36. The van der Waals surface area contributed by atoms with Crippen molar-refractivity contribution in [3.05, 3.63) is 0 Å². The van der Waals surface area contributed by atoms with Gasteiger partial charge in [-0.05, 0) is 26.3 Å². The van der Waals surface area contributed by atoms with Crippen LogP contribution in [0.4, 0.5) is 0 Å². The molecule has 104 valence electrons. The Morgan fingerprint density at radius 2 is 2.28 bits per heavy atom. The summed E-state index contributed by atoms with van der Waals surface area (Å²) in [4.78, 5) is 24.6. The Morgan fingerprint density at radius 1 is 1.56 bits per heavy atom. The number of aliphatic carboxylic acids is 1. The van der Waals surface area contributed by atoms with E-state index in [4.69, 9.17) is 10.8 Å². The number of carboxylic acid groups (broad SMARTS) is 1. The van der Waals surface area contributed by atoms with Crippen LogP contribution in [-0.4, -0.2) is 54.1 Å². The lowest BCUT2D eigenvalue weighted by molar-refractivity contribution is -0.138. The van der Waals surface area contributed by atoms with Crippen LogP contribution < -0.4 is 11.1 Å². The highest BCUT2D eigenvalue weighted by molar-refractivity contribution is 5.79. The lowest BCUT2D eigenvalue weighted by Crippen LogP contribution is -2.47. The molecule has 0 spiro atoms. The zero-order valence-electron chi connectivity index (χ0n) is 10.9. The van der Waals surface area contributed by atoms with Crippen molar-refractivity contribution in [2.75, 3.05) is 26.2 Å². The van der Waals surface area contributed by atoms with Gasteiger partial charge in [0.15, 0.2) is 0 Å². The molecular formula is C12H23N3O3. The van der Waals surface area contributed by atoms with E-state index in [1.54, 1.807) is 0 Å². The molecule has 0 aromatic heterocycles. The number of amides is 1. The summed E-state index contributed by atoms with van der Waals surface area (Å²) in [5.41, 5.74) is 5.35. The summed E-state index contributed by atoms with van der Waals surface area (Å²) in [6.45, 7) is 4.35. The predicted octanol–water partition coefficient (Wildman–Crippen LogP) is -0.363. The number of hydrogen-bond donors (Lipinski definition) is 3. The van der Waals surface area contributed by atoms with E-state index in [0.29, 0.717) is 19.6 Å². The molecule has 0 bridgehead atoms. The fraction of sp³-hybridized carbons (Fsp3) is 0.833. The summed E-state index contributed by atoms with van der Waals surface area (Å²) in [5, 5.41) is 11.6. The van der Waals surface area contributed by atoms with E-state index >= 15 is 0 Å². The molecule has 1 heterocycles. The minimum Gasteiger partial charge on any atom is -0.481 e. The van der Waals surface area contributed by atoms with Gasteiger partial charge >= 0.3 is 5.97 Å². The van der Waals surface area contributed by atoms with Crippen molar-refractivity contribution in [3.63, 3.8) is 0 Å². The highest BCUT2D eigenvalue weighted by atomic mass is 16.4. The average molecular weight is 257 g/mol. The molecule has 1 fully saturated rings. The Balaban J connectivity index is 2.44. The van der Waals surface area contributed by atoms with Crippen LogP contribution in [0, 0.1) is 5.92 Å². The third-order valence-electron chi connectivity index (χ3n) is 3.36. The number of nitrogens with two attached hydrogens (primary N) is 1. The molecule has 0 aromatic carbocycles. The first-order valence-corrected chi connectivity index (χ1v) is 6.48. The van der Waals surface area contributed by atoms with E-state index in [1.165, 1.54) is 0 Å². The van der Waals surface area contributed by atoms with Gasteiger partial charge in [-0.1, -0.05) is 0 Å². The maximum atomic E-state index is 11.8. The molecule has 0 saturated carbocycles. The SMILES string of the molecule is CC(CC(=O)O)N1CCCC(C(=O)NCCN)C1. The summed E-state index contributed by atoms with van der Waals surface area (Å²) in [7, 11) is 0. The maximum absolute atomic E-state index is 11.8. The highest BCUT2D eigenvalue weighted by Gasteiger charge is 2.28. The largest absolute Gasteiger partial charge is 0.481 e. The summed E-state index contributed by atoms with van der Waals surface area (Å²) >= 11 is 0. The molecule has 4 N–H and O–H groups in total. The molecule has 0 aromatic rings. The van der Waals surface area contributed by atoms with Crippen LogP contribution in [-0.2, 0) is 9.59 Å². The molecule has 18 heavy (non-hydrogen) atoms. The van der Waals surface area contributed by atoms with Gasteiger partial charge in [0.2, 0.25) is 5.91 Å². The molecular weight excluding hydrogens is 234 g/mol. The van der Waals surface area contributed by atoms with Gasteiger partial charge in [0.05, 0.1) is 12.3 Å². The second-order valence-corrected chi connectivity index (χ2v) is 4.86. The van der Waals surface area contributed by atoms with Gasteiger partial charge in [-0.2, -0.15) is 0 Å². The van der Waals surface area contributed by atoms with Crippen LogP contribution in [0.3, 0.4) is 0 Å². The second kappa shape index (κ2) is 7.33. The number of rotatable bonds is 6. The van der Waals surface area contributed by atoms with Crippen LogP contribution in [0.25, 0.3) is 0 Å². The van der Waals surface area contributed by atoms with Gasteiger partial charge in [-0.3, -0.25) is 14.5 Å². The van der Waals surface area contributed by atoms with E-state index in [2.05, 4.69) is 10.2 Å². The van der Waals surface area contributed by atoms with Crippen LogP contribution >= 0.6 is 0 Å². The fourth-order valence-corrected chi connectivity index (χ4v) is 2.34. The van der Waals surface area contributed by atoms with Gasteiger partial charge < -0.3 is 16.2 Å². The quantitative estimate of drug-likeness (QED) is 0.604. The molecule has 6 nitrogen and oxygen atoms in total. The van der Waals surface area contributed by atoms with Crippen LogP contribution in [0.1, 0.15) is 26.2 Å². The molecule has 0 radical (unpaired) electrons. The van der Waals surface area contributed by atoms with Crippen molar-refractivity contribution in [2.45, 2.75) is 32.2 Å². The molecule has 1 rings (SSSR count). The number of carbonyl (C=O) groups excluding carboxylic acids is 1. The van der Waals surface area contributed by atoms with Crippen molar-refractivity contribution in [3.8, 4) is 0 Å². The summed E-state index contributed by atoms with van der Waals surface area (Å²) in [6, 6.07) is -0.0207. The average Bonchev–Trinajstić information content (AvgIpc) is 2.35. The number of piperidine rings is 1. The zero-order chi connectivity index (χ0) is 13.5. The van der Waals surface area contributed by atoms with E-state index < -0.39 is 5.97 Å². The number of nitrogens with zero attached hydrogens (tertiary/aromatic N) is 1. The lowest BCUT2D eigenvalue weighted by atomic mass is 9.95. The highest BCUT2D eigenvalue weighted by Crippen LogP contribution is 2.19. The van der Waals surface area contributed by atoms with Gasteiger partial charge in [0.1, 0.15) is 0 Å². The number of carboxylic acids is 1. The Morgan fingerprint density at radius 3 is 2.89 bits per heavy atom. The zero-order valence-corrected chi connectivity index (χ0v) is 10.9. The van der Waals surface area contributed by atoms with Gasteiger partial charge in [-0.25, -0.2) is 0 Å². The fourth-order valence-electron chi connectivity index (χ4n) is 2.34. The number of hydrogen-bond acceptors (Lipinski definition) is 4. The Bertz CT molecular complexity index is 296. The molecule has 1 saturated heterocycles. The number of nitrogens with one attached hydrogen (secondary N) is 1. The topological polar surface area (TPSA) is 95.7 Å². The first-order chi connectivity index (χ1) is 8.54. The maximum Gasteiger partial charge on any atom is 0.304 e. The van der Waals surface area contributed by atoms with E-state index in [9.17, 15) is 9.59 Å². The summed E-state index contributed by atoms with van der Waals surface area (Å²) in [6.07, 6.45) is 1.93. The van der Waals surface area contributed by atoms with E-state index in [-0.39, 0.29) is 24.3 Å². The third kappa shape index (κ3) is 4.62. The Labute approximate surface area is 108 Å². The van der Waals surface area contributed by atoms with E-state index in [0.717, 1.165) is 19.4 Å². The van der Waals surface area contributed by atoms with Gasteiger partial charge in [0.25, 0.3) is 0 Å². The molecule has 1 amide bonds.